The van der Waals surface area contributed by atoms with Crippen LogP contribution in [0.3, 0.4) is 0 Å². The van der Waals surface area contributed by atoms with Crippen LogP contribution in [0.5, 0.6) is 0 Å². The topological polar surface area (TPSA) is 4.93 Å². The SMILES string of the molecule is CC1(C)CCC(C)(C)c2cc(-c3cc(I)cc(-c4ccc5c(c4)C(C)(C)CCC5(C)C)c3-n3c4ccccc4c4cc5c(cc43)sc3ccccc35)ccc21. The molecule has 2 heterocycles. The number of hydrogen-bond donors (Lipinski definition) is 0. The van der Waals surface area contributed by atoms with Crippen LogP contribution >= 0.6 is 33.9 Å². The van der Waals surface area contributed by atoms with Crippen LogP contribution in [0, 0.1) is 3.57 Å². The second-order valence-electron chi connectivity index (χ2n) is 19.2. The Bertz CT molecular complexity index is 2790. The predicted octanol–water partition coefficient (Wildman–Crippen LogP) is 15.8. The minimum absolute atomic E-state index is 0.113. The smallest absolute Gasteiger partial charge is 0.0619 e. The molecule has 3 heteroatoms. The molecule has 0 amide bonds. The molecular weight excluding hydrogens is 798 g/mol. The molecule has 0 saturated carbocycles. The van der Waals surface area contributed by atoms with Crippen molar-refractivity contribution in [2.45, 2.75) is 103 Å². The van der Waals surface area contributed by atoms with E-state index in [0.29, 0.717) is 0 Å². The molecule has 2 aromatic heterocycles. The maximum atomic E-state index is 2.62. The van der Waals surface area contributed by atoms with Crippen LogP contribution in [0.4, 0.5) is 0 Å². The third-order valence-corrected chi connectivity index (χ3v) is 15.6. The van der Waals surface area contributed by atoms with Crippen LogP contribution in [0.25, 0.3) is 69.9 Å². The van der Waals surface area contributed by atoms with Crippen LogP contribution in [0.1, 0.15) is 103 Å². The summed E-state index contributed by atoms with van der Waals surface area (Å²) in [7, 11) is 0. The van der Waals surface area contributed by atoms with Crippen molar-refractivity contribution in [1.82, 2.24) is 4.57 Å². The number of hydrogen-bond acceptors (Lipinski definition) is 1. The lowest BCUT2D eigenvalue weighted by Crippen LogP contribution is -2.33. The van der Waals surface area contributed by atoms with E-state index in [1.54, 1.807) is 0 Å². The standard InChI is InChI=1S/C52H50INS/c1-49(2)21-23-51(5,6)42-25-31(17-19-40(42)49)36-27-33(53)28-37(32-18-20-41-43(26-32)52(7,8)24-22-50(41,3)4)48(36)54-44-15-11-9-13-34(44)38-29-39-35-14-10-12-16-46(35)55-47(39)30-45(38)54/h9-20,25-30H,21-24H2,1-8H3. The van der Waals surface area contributed by atoms with Gasteiger partial charge in [0.2, 0.25) is 0 Å². The zero-order valence-corrected chi connectivity index (χ0v) is 36.4. The van der Waals surface area contributed by atoms with Crippen LogP contribution in [0.15, 0.2) is 109 Å². The van der Waals surface area contributed by atoms with Crippen molar-refractivity contribution < 1.29 is 0 Å². The van der Waals surface area contributed by atoms with Crippen LogP contribution < -0.4 is 0 Å². The van der Waals surface area contributed by atoms with Gasteiger partial charge in [0.25, 0.3) is 0 Å². The number of benzene rings is 6. The average Bonchev–Trinajstić information content (AvgIpc) is 3.68. The van der Waals surface area contributed by atoms with E-state index in [4.69, 9.17) is 0 Å². The van der Waals surface area contributed by atoms with Gasteiger partial charge in [-0.15, -0.1) is 11.3 Å². The summed E-state index contributed by atoms with van der Waals surface area (Å²) < 4.78 is 6.56. The summed E-state index contributed by atoms with van der Waals surface area (Å²) in [5.41, 5.74) is 15.5. The normalized spacial score (nSPS) is 18.2. The fraction of sp³-hybridized carbons (Fsp3) is 0.308. The summed E-state index contributed by atoms with van der Waals surface area (Å²) in [5.74, 6) is 0. The lowest BCUT2D eigenvalue weighted by atomic mass is 9.62. The first-order valence-electron chi connectivity index (χ1n) is 20.1. The monoisotopic (exact) mass is 847 g/mol. The Morgan fingerprint density at radius 1 is 0.455 bits per heavy atom. The van der Waals surface area contributed by atoms with Gasteiger partial charge in [-0.3, -0.25) is 0 Å². The Hall–Kier alpha value is -3.93. The molecule has 276 valence electrons. The first kappa shape index (κ1) is 35.5. The number of halogens is 1. The minimum atomic E-state index is 0.113. The van der Waals surface area contributed by atoms with Crippen molar-refractivity contribution >= 4 is 75.9 Å². The molecule has 0 N–H and O–H groups in total. The number of rotatable bonds is 3. The first-order chi connectivity index (χ1) is 26.1. The van der Waals surface area contributed by atoms with Gasteiger partial charge >= 0.3 is 0 Å². The van der Waals surface area contributed by atoms with Gasteiger partial charge in [-0.05, 0) is 140 Å². The molecule has 0 aliphatic heterocycles. The Morgan fingerprint density at radius 2 is 0.964 bits per heavy atom. The van der Waals surface area contributed by atoms with Gasteiger partial charge in [0.05, 0.1) is 16.7 Å². The zero-order chi connectivity index (χ0) is 38.2. The van der Waals surface area contributed by atoms with Gasteiger partial charge in [0, 0.05) is 45.6 Å². The Balaban J connectivity index is 1.34. The van der Waals surface area contributed by atoms with Crippen LogP contribution in [-0.4, -0.2) is 4.57 Å². The summed E-state index contributed by atoms with van der Waals surface area (Å²) in [4.78, 5) is 0. The third-order valence-electron chi connectivity index (χ3n) is 13.8. The van der Waals surface area contributed by atoms with Gasteiger partial charge < -0.3 is 4.57 Å². The Kier molecular flexibility index (Phi) is 7.77. The largest absolute Gasteiger partial charge is 0.308 e. The highest BCUT2D eigenvalue weighted by atomic mass is 127. The fourth-order valence-corrected chi connectivity index (χ4v) is 12.0. The van der Waals surface area contributed by atoms with E-state index >= 15 is 0 Å². The fourth-order valence-electron chi connectivity index (χ4n) is 10.2. The van der Waals surface area contributed by atoms with Gasteiger partial charge in [-0.1, -0.05) is 128 Å². The highest BCUT2D eigenvalue weighted by Crippen LogP contribution is 2.51. The van der Waals surface area contributed by atoms with E-state index in [2.05, 4.69) is 192 Å². The Labute approximate surface area is 343 Å². The van der Waals surface area contributed by atoms with E-state index in [0.717, 1.165) is 0 Å². The highest BCUT2D eigenvalue weighted by Gasteiger charge is 2.39. The van der Waals surface area contributed by atoms with Crippen molar-refractivity contribution in [3.63, 3.8) is 0 Å². The third kappa shape index (κ3) is 5.42. The van der Waals surface area contributed by atoms with Crippen LogP contribution in [-0.2, 0) is 21.7 Å². The molecule has 6 aromatic carbocycles. The van der Waals surface area contributed by atoms with E-state index in [1.807, 2.05) is 11.3 Å². The quantitative estimate of drug-likeness (QED) is 0.156. The van der Waals surface area contributed by atoms with Crippen molar-refractivity contribution in [3.8, 4) is 27.9 Å². The van der Waals surface area contributed by atoms with E-state index in [1.165, 1.54) is 121 Å². The maximum Gasteiger partial charge on any atom is 0.0619 e. The Morgan fingerprint density at radius 3 is 1.55 bits per heavy atom. The predicted molar refractivity (Wildman–Crippen MR) is 248 cm³/mol. The number of thiophene rings is 1. The molecule has 0 bridgehead atoms. The molecule has 0 saturated heterocycles. The molecule has 0 spiro atoms. The van der Waals surface area contributed by atoms with E-state index in [-0.39, 0.29) is 21.7 Å². The summed E-state index contributed by atoms with van der Waals surface area (Å²) in [6.45, 7) is 19.5. The van der Waals surface area contributed by atoms with Crippen molar-refractivity contribution in [2.75, 3.05) is 0 Å². The number of aromatic nitrogens is 1. The summed E-state index contributed by atoms with van der Waals surface area (Å²) in [6, 6.07) is 42.7. The second kappa shape index (κ2) is 12.0. The number of nitrogens with zero attached hydrogens (tertiary/aromatic N) is 1. The molecule has 0 fully saturated rings. The number of fused-ring (bicyclic) bond motifs is 8. The van der Waals surface area contributed by atoms with Crippen molar-refractivity contribution in [3.05, 3.63) is 135 Å². The molecule has 2 aliphatic carbocycles. The first-order valence-corrected chi connectivity index (χ1v) is 22.0. The highest BCUT2D eigenvalue weighted by molar-refractivity contribution is 14.1. The molecule has 10 rings (SSSR count). The van der Waals surface area contributed by atoms with Gasteiger partial charge in [-0.2, -0.15) is 0 Å². The van der Waals surface area contributed by atoms with Crippen LogP contribution in [0.2, 0.25) is 0 Å². The molecule has 0 radical (unpaired) electrons. The van der Waals surface area contributed by atoms with Crippen molar-refractivity contribution in [2.24, 2.45) is 0 Å². The van der Waals surface area contributed by atoms with Gasteiger partial charge in [0.15, 0.2) is 0 Å². The van der Waals surface area contributed by atoms with Gasteiger partial charge in [0.1, 0.15) is 0 Å². The molecule has 8 aromatic rings. The summed E-state index contributed by atoms with van der Waals surface area (Å²) >= 11 is 4.49. The second-order valence-corrected chi connectivity index (χ2v) is 21.6. The average molecular weight is 848 g/mol. The zero-order valence-electron chi connectivity index (χ0n) is 33.5. The van der Waals surface area contributed by atoms with E-state index < -0.39 is 0 Å². The molecule has 1 nitrogen and oxygen atoms in total. The molecular formula is C52H50INS. The lowest BCUT2D eigenvalue weighted by Gasteiger charge is -2.42. The van der Waals surface area contributed by atoms with E-state index in [9.17, 15) is 0 Å². The number of para-hydroxylation sites is 1. The van der Waals surface area contributed by atoms with Crippen molar-refractivity contribution in [1.29, 1.82) is 0 Å². The molecule has 0 unspecified atom stereocenters. The summed E-state index contributed by atoms with van der Waals surface area (Å²) in [5, 5.41) is 5.30. The molecule has 0 atom stereocenters. The molecule has 55 heavy (non-hydrogen) atoms. The van der Waals surface area contributed by atoms with Gasteiger partial charge in [-0.25, -0.2) is 0 Å². The summed E-state index contributed by atoms with van der Waals surface area (Å²) in [6.07, 6.45) is 4.81. The molecule has 2 aliphatic rings. The maximum absolute atomic E-state index is 2.62. The minimum Gasteiger partial charge on any atom is -0.308 e. The lowest BCUT2D eigenvalue weighted by molar-refractivity contribution is 0.332.